The molecule has 0 heterocycles. The quantitative estimate of drug-likeness (QED) is 0.732. The van der Waals surface area contributed by atoms with E-state index in [4.69, 9.17) is 4.74 Å². The van der Waals surface area contributed by atoms with Gasteiger partial charge in [0, 0.05) is 11.1 Å². The number of hydrogen-bond acceptors (Lipinski definition) is 3. The summed E-state index contributed by atoms with van der Waals surface area (Å²) in [6.07, 6.45) is 0. The van der Waals surface area contributed by atoms with Crippen LogP contribution in [0.5, 0.6) is 0 Å². The summed E-state index contributed by atoms with van der Waals surface area (Å²) in [7, 11) is 1.37. The van der Waals surface area contributed by atoms with Crippen LogP contribution in [0, 0.1) is 0 Å². The lowest BCUT2D eigenvalue weighted by molar-refractivity contribution is -0.114. The van der Waals surface area contributed by atoms with Gasteiger partial charge in [0.25, 0.3) is 5.78 Å². The molecule has 0 amide bonds. The second-order valence-corrected chi connectivity index (χ2v) is 3.84. The van der Waals surface area contributed by atoms with Crippen molar-refractivity contribution in [3.05, 3.63) is 41.2 Å². The highest BCUT2D eigenvalue weighted by Gasteiger charge is 2.32. The highest BCUT2D eigenvalue weighted by Crippen LogP contribution is 2.33. The third-order valence-corrected chi connectivity index (χ3v) is 3.01. The molecule has 0 saturated heterocycles. The van der Waals surface area contributed by atoms with Crippen molar-refractivity contribution in [3.63, 3.8) is 0 Å². The first-order chi connectivity index (χ1) is 7.16. The largest absolute Gasteiger partial charge is 0.491 e. The Balaban J connectivity index is 2.74. The van der Waals surface area contributed by atoms with Crippen LogP contribution >= 0.6 is 15.9 Å². The number of ether oxygens (including phenoxy) is 1. The molecule has 0 bridgehead atoms. The van der Waals surface area contributed by atoms with Gasteiger partial charge in [-0.25, -0.2) is 0 Å². The molecule has 0 spiro atoms. The van der Waals surface area contributed by atoms with Crippen LogP contribution in [0.15, 0.2) is 30.0 Å². The number of ketones is 2. The van der Waals surface area contributed by atoms with Crippen LogP contribution in [0.25, 0.3) is 4.48 Å². The average molecular weight is 267 g/mol. The van der Waals surface area contributed by atoms with Crippen LogP contribution in [-0.2, 0) is 9.53 Å². The summed E-state index contributed by atoms with van der Waals surface area (Å²) >= 11 is 3.26. The summed E-state index contributed by atoms with van der Waals surface area (Å²) in [5, 5.41) is 0. The van der Waals surface area contributed by atoms with Crippen molar-refractivity contribution in [3.8, 4) is 0 Å². The number of Topliss-reactive ketones (excluding diaryl/α,β-unsaturated/α-hetero) is 2. The first-order valence-corrected chi connectivity index (χ1v) is 5.08. The Labute approximate surface area is 94.9 Å². The molecule has 76 valence electrons. The van der Waals surface area contributed by atoms with Crippen molar-refractivity contribution in [2.45, 2.75) is 0 Å². The minimum absolute atomic E-state index is 0.0682. The zero-order valence-corrected chi connectivity index (χ0v) is 9.50. The summed E-state index contributed by atoms with van der Waals surface area (Å²) in [4.78, 5) is 23.2. The van der Waals surface area contributed by atoms with Gasteiger partial charge in [-0.3, -0.25) is 9.59 Å². The fourth-order valence-corrected chi connectivity index (χ4v) is 2.19. The third kappa shape index (κ3) is 1.41. The number of rotatable bonds is 1. The van der Waals surface area contributed by atoms with E-state index in [2.05, 4.69) is 15.9 Å². The van der Waals surface area contributed by atoms with Crippen LogP contribution in [-0.4, -0.2) is 18.7 Å². The minimum atomic E-state index is -0.608. The second-order valence-electron chi connectivity index (χ2n) is 3.05. The van der Waals surface area contributed by atoms with Gasteiger partial charge in [0.2, 0.25) is 5.78 Å². The molecule has 0 N–H and O–H groups in total. The Bertz CT molecular complexity index is 488. The Morgan fingerprint density at radius 1 is 1.07 bits per heavy atom. The molecule has 4 heteroatoms. The molecule has 0 radical (unpaired) electrons. The van der Waals surface area contributed by atoms with Crippen LogP contribution in [0.1, 0.15) is 15.9 Å². The van der Waals surface area contributed by atoms with Crippen LogP contribution in [0.2, 0.25) is 0 Å². The van der Waals surface area contributed by atoms with E-state index in [0.29, 0.717) is 15.6 Å². The SMILES string of the molecule is COC1=C(Br)c2ccccc2C(=O)C1=O. The van der Waals surface area contributed by atoms with Gasteiger partial charge in [0.15, 0.2) is 5.76 Å². The molecule has 15 heavy (non-hydrogen) atoms. The molecule has 0 atom stereocenters. The van der Waals surface area contributed by atoms with E-state index in [1.54, 1.807) is 24.3 Å². The number of allylic oxidation sites excluding steroid dienone is 1. The maximum atomic E-state index is 11.6. The summed E-state index contributed by atoms with van der Waals surface area (Å²) in [6.45, 7) is 0. The Morgan fingerprint density at radius 3 is 2.27 bits per heavy atom. The third-order valence-electron chi connectivity index (χ3n) is 2.22. The van der Waals surface area contributed by atoms with Crippen molar-refractivity contribution in [2.24, 2.45) is 0 Å². The Hall–Kier alpha value is -1.42. The number of carbonyl (C=O) groups is 2. The molecule has 0 saturated carbocycles. The number of hydrogen-bond donors (Lipinski definition) is 0. The lowest BCUT2D eigenvalue weighted by atomic mass is 9.94. The maximum absolute atomic E-state index is 11.6. The van der Waals surface area contributed by atoms with Crippen LogP contribution in [0.3, 0.4) is 0 Å². The topological polar surface area (TPSA) is 43.4 Å². The van der Waals surface area contributed by atoms with Gasteiger partial charge in [0.1, 0.15) is 0 Å². The van der Waals surface area contributed by atoms with Crippen molar-refractivity contribution < 1.29 is 14.3 Å². The summed E-state index contributed by atoms with van der Waals surface area (Å²) in [6, 6.07) is 6.92. The molecule has 1 aliphatic carbocycles. The van der Waals surface area contributed by atoms with Gasteiger partial charge >= 0.3 is 0 Å². The first-order valence-electron chi connectivity index (χ1n) is 4.29. The van der Waals surface area contributed by atoms with E-state index in [-0.39, 0.29) is 5.76 Å². The van der Waals surface area contributed by atoms with Gasteiger partial charge in [-0.05, 0) is 15.9 Å². The standard InChI is InChI=1S/C11H7BrO3/c1-15-11-8(12)6-4-2-3-5-7(6)9(13)10(11)14/h2-5H,1H3. The van der Waals surface area contributed by atoms with Gasteiger partial charge in [-0.1, -0.05) is 24.3 Å². The predicted molar refractivity (Wildman–Crippen MR) is 58.6 cm³/mol. The van der Waals surface area contributed by atoms with E-state index in [0.717, 1.165) is 0 Å². The number of benzene rings is 1. The Morgan fingerprint density at radius 2 is 1.67 bits per heavy atom. The maximum Gasteiger partial charge on any atom is 0.269 e. The number of methoxy groups -OCH3 is 1. The van der Waals surface area contributed by atoms with Gasteiger partial charge in [-0.15, -0.1) is 0 Å². The van der Waals surface area contributed by atoms with Crippen molar-refractivity contribution in [1.29, 1.82) is 0 Å². The lowest BCUT2D eigenvalue weighted by Gasteiger charge is -2.16. The molecule has 0 fully saturated rings. The van der Waals surface area contributed by atoms with E-state index in [9.17, 15) is 9.59 Å². The minimum Gasteiger partial charge on any atom is -0.491 e. The average Bonchev–Trinajstić information content (AvgIpc) is 2.27. The number of halogens is 1. The highest BCUT2D eigenvalue weighted by molar-refractivity contribution is 9.15. The molecule has 0 unspecified atom stereocenters. The fraction of sp³-hybridized carbons (Fsp3) is 0.0909. The van der Waals surface area contributed by atoms with Gasteiger partial charge < -0.3 is 4.74 Å². The van der Waals surface area contributed by atoms with Crippen molar-refractivity contribution >= 4 is 32.0 Å². The molecule has 1 aromatic rings. The summed E-state index contributed by atoms with van der Waals surface area (Å²) in [5.41, 5.74) is 1.11. The van der Waals surface area contributed by atoms with E-state index in [1.165, 1.54) is 7.11 Å². The zero-order chi connectivity index (χ0) is 11.0. The molecule has 0 aliphatic heterocycles. The van der Waals surface area contributed by atoms with Crippen LogP contribution in [0.4, 0.5) is 0 Å². The smallest absolute Gasteiger partial charge is 0.269 e. The zero-order valence-electron chi connectivity index (χ0n) is 7.91. The highest BCUT2D eigenvalue weighted by atomic mass is 79.9. The van der Waals surface area contributed by atoms with E-state index >= 15 is 0 Å². The fourth-order valence-electron chi connectivity index (χ4n) is 1.50. The molecular formula is C11H7BrO3. The Kier molecular flexibility index (Phi) is 2.44. The van der Waals surface area contributed by atoms with Crippen molar-refractivity contribution in [2.75, 3.05) is 7.11 Å². The first kappa shape index (κ1) is 10.1. The summed E-state index contributed by atoms with van der Waals surface area (Å²) < 4.78 is 5.44. The van der Waals surface area contributed by atoms with Crippen LogP contribution < -0.4 is 0 Å². The molecule has 3 nitrogen and oxygen atoms in total. The molecule has 1 aromatic carbocycles. The van der Waals surface area contributed by atoms with E-state index < -0.39 is 11.6 Å². The lowest BCUT2D eigenvalue weighted by Crippen LogP contribution is -2.23. The molecule has 2 rings (SSSR count). The van der Waals surface area contributed by atoms with Gasteiger partial charge in [0.05, 0.1) is 11.6 Å². The number of fused-ring (bicyclic) bond motifs is 1. The normalized spacial score (nSPS) is 15.3. The predicted octanol–water partition coefficient (Wildman–Crippen LogP) is 2.16. The number of carbonyl (C=O) groups excluding carboxylic acids is 2. The molecular weight excluding hydrogens is 260 g/mol. The monoisotopic (exact) mass is 266 g/mol. The molecule has 1 aliphatic rings. The summed E-state index contributed by atoms with van der Waals surface area (Å²) in [5.74, 6) is -1.06. The van der Waals surface area contributed by atoms with Crippen molar-refractivity contribution in [1.82, 2.24) is 0 Å². The second kappa shape index (κ2) is 3.62. The van der Waals surface area contributed by atoms with E-state index in [1.807, 2.05) is 0 Å². The van der Waals surface area contributed by atoms with Gasteiger partial charge in [-0.2, -0.15) is 0 Å². The molecule has 0 aromatic heterocycles.